The van der Waals surface area contributed by atoms with Crippen LogP contribution in [0.25, 0.3) is 11.5 Å². The molecule has 3 aromatic rings. The predicted molar refractivity (Wildman–Crippen MR) is 117 cm³/mol. The van der Waals surface area contributed by atoms with E-state index in [-0.39, 0.29) is 5.91 Å². The molecular formula is C23H26N2O4S. The lowest BCUT2D eigenvalue weighted by atomic mass is 10.1. The van der Waals surface area contributed by atoms with E-state index in [1.807, 2.05) is 38.1 Å². The second-order valence-corrected chi connectivity index (χ2v) is 8.46. The van der Waals surface area contributed by atoms with Gasteiger partial charge >= 0.3 is 0 Å². The second kappa shape index (κ2) is 10.3. The molecule has 1 amide bonds. The van der Waals surface area contributed by atoms with E-state index in [2.05, 4.69) is 10.3 Å². The first kappa shape index (κ1) is 21.9. The Morgan fingerprint density at radius 1 is 1.10 bits per heavy atom. The summed E-state index contributed by atoms with van der Waals surface area (Å²) < 4.78 is 23.4. The third-order valence-electron chi connectivity index (χ3n) is 4.65. The molecule has 0 saturated carbocycles. The lowest BCUT2D eigenvalue weighted by Crippen LogP contribution is -2.25. The molecule has 1 heterocycles. The monoisotopic (exact) mass is 426 g/mol. The van der Waals surface area contributed by atoms with Gasteiger partial charge in [0.1, 0.15) is 5.76 Å². The number of benzene rings is 2. The third-order valence-corrected chi connectivity index (χ3v) is 5.98. The van der Waals surface area contributed by atoms with Crippen LogP contribution in [0.1, 0.15) is 33.8 Å². The Kier molecular flexibility index (Phi) is 7.54. The van der Waals surface area contributed by atoms with Crippen molar-refractivity contribution in [1.82, 2.24) is 10.3 Å². The van der Waals surface area contributed by atoms with Crippen molar-refractivity contribution in [1.29, 1.82) is 0 Å². The molecule has 158 valence electrons. The van der Waals surface area contributed by atoms with Crippen LogP contribution in [0, 0.1) is 13.8 Å². The molecule has 1 N–H and O–H groups in total. The number of hydrogen-bond acceptors (Lipinski definition) is 5. The van der Waals surface area contributed by atoms with E-state index < -0.39 is 10.8 Å². The molecule has 0 saturated heterocycles. The average molecular weight is 427 g/mol. The Balaban J connectivity index is 1.66. The Morgan fingerprint density at radius 3 is 2.47 bits per heavy atom. The fourth-order valence-corrected chi connectivity index (χ4v) is 3.99. The van der Waals surface area contributed by atoms with E-state index in [0.717, 1.165) is 22.4 Å². The summed E-state index contributed by atoms with van der Waals surface area (Å²) in [5.74, 6) is 1.26. The molecule has 0 radical (unpaired) electrons. The fraction of sp³-hybridized carbons (Fsp3) is 0.304. The van der Waals surface area contributed by atoms with Crippen LogP contribution in [-0.4, -0.2) is 35.4 Å². The molecule has 0 fully saturated rings. The molecular weight excluding hydrogens is 400 g/mol. The van der Waals surface area contributed by atoms with Gasteiger partial charge in [-0.3, -0.25) is 9.00 Å². The van der Waals surface area contributed by atoms with Crippen LogP contribution in [0.15, 0.2) is 57.8 Å². The molecule has 1 aromatic heterocycles. The summed E-state index contributed by atoms with van der Waals surface area (Å²) in [6, 6.07) is 14.7. The zero-order valence-corrected chi connectivity index (χ0v) is 18.3. The standard InChI is InChI=1S/C23H26N2O4S/c1-16-5-11-20(12-6-16)30(27)15-21-17(2)29-23(25-21)19-9-7-18(8-10-19)22(26)24-13-4-14-28-3/h5-12H,4,13-15H2,1-3H3,(H,24,26). The SMILES string of the molecule is COCCCNC(=O)c1ccc(-c2nc(CS(=O)c3ccc(C)cc3)c(C)o2)cc1. The maximum absolute atomic E-state index is 12.6. The number of hydrogen-bond donors (Lipinski definition) is 1. The van der Waals surface area contributed by atoms with Gasteiger partial charge in [0.05, 0.1) is 22.2 Å². The number of nitrogens with zero attached hydrogens (tertiary/aromatic N) is 1. The smallest absolute Gasteiger partial charge is 0.251 e. The van der Waals surface area contributed by atoms with Gasteiger partial charge in [-0.05, 0) is 56.7 Å². The zero-order chi connectivity index (χ0) is 21.5. The highest BCUT2D eigenvalue weighted by atomic mass is 32.2. The molecule has 6 nitrogen and oxygen atoms in total. The van der Waals surface area contributed by atoms with Gasteiger partial charge in [-0.1, -0.05) is 17.7 Å². The minimum Gasteiger partial charge on any atom is -0.441 e. The van der Waals surface area contributed by atoms with Crippen molar-refractivity contribution in [3.8, 4) is 11.5 Å². The number of aromatic nitrogens is 1. The Hall–Kier alpha value is -2.77. The van der Waals surface area contributed by atoms with Gasteiger partial charge in [-0.2, -0.15) is 0 Å². The Morgan fingerprint density at radius 2 is 1.80 bits per heavy atom. The molecule has 7 heteroatoms. The Labute approximate surface area is 179 Å². The lowest BCUT2D eigenvalue weighted by Gasteiger charge is -2.05. The molecule has 0 spiro atoms. The summed E-state index contributed by atoms with van der Waals surface area (Å²) in [5.41, 5.74) is 3.13. The van der Waals surface area contributed by atoms with E-state index in [0.29, 0.717) is 41.8 Å². The third kappa shape index (κ3) is 5.64. The van der Waals surface area contributed by atoms with Crippen LogP contribution in [-0.2, 0) is 21.3 Å². The summed E-state index contributed by atoms with van der Waals surface area (Å²) in [5, 5.41) is 2.85. The molecule has 1 unspecified atom stereocenters. The lowest BCUT2D eigenvalue weighted by molar-refractivity contribution is 0.0948. The number of aryl methyl sites for hydroxylation is 2. The minimum atomic E-state index is -1.20. The van der Waals surface area contributed by atoms with Crippen molar-refractivity contribution >= 4 is 16.7 Å². The number of amides is 1. The van der Waals surface area contributed by atoms with E-state index in [4.69, 9.17) is 9.15 Å². The van der Waals surface area contributed by atoms with Gasteiger partial charge in [-0.15, -0.1) is 0 Å². The van der Waals surface area contributed by atoms with Gasteiger partial charge in [0, 0.05) is 36.3 Å². The highest BCUT2D eigenvalue weighted by molar-refractivity contribution is 7.84. The fourth-order valence-electron chi connectivity index (χ4n) is 2.87. The first-order chi connectivity index (χ1) is 14.5. The first-order valence-electron chi connectivity index (χ1n) is 9.77. The maximum atomic E-state index is 12.6. The highest BCUT2D eigenvalue weighted by Gasteiger charge is 2.15. The molecule has 0 bridgehead atoms. The van der Waals surface area contributed by atoms with E-state index in [9.17, 15) is 9.00 Å². The van der Waals surface area contributed by atoms with Crippen molar-refractivity contribution in [3.63, 3.8) is 0 Å². The second-order valence-electron chi connectivity index (χ2n) is 7.00. The summed E-state index contributed by atoms with van der Waals surface area (Å²) >= 11 is 0. The van der Waals surface area contributed by atoms with Crippen LogP contribution < -0.4 is 5.32 Å². The number of methoxy groups -OCH3 is 1. The first-order valence-corrected chi connectivity index (χ1v) is 11.1. The van der Waals surface area contributed by atoms with Crippen LogP contribution >= 0.6 is 0 Å². The van der Waals surface area contributed by atoms with Crippen molar-refractivity contribution in [2.45, 2.75) is 30.9 Å². The van der Waals surface area contributed by atoms with Gasteiger partial charge in [-0.25, -0.2) is 4.98 Å². The molecule has 0 aliphatic carbocycles. The van der Waals surface area contributed by atoms with Crippen molar-refractivity contribution < 1.29 is 18.2 Å². The van der Waals surface area contributed by atoms with Crippen molar-refractivity contribution in [2.24, 2.45) is 0 Å². The van der Waals surface area contributed by atoms with Crippen LogP contribution in [0.2, 0.25) is 0 Å². The van der Waals surface area contributed by atoms with Crippen LogP contribution in [0.3, 0.4) is 0 Å². The quantitative estimate of drug-likeness (QED) is 0.523. The van der Waals surface area contributed by atoms with Gasteiger partial charge in [0.25, 0.3) is 5.91 Å². The molecule has 0 aliphatic heterocycles. The van der Waals surface area contributed by atoms with E-state index in [1.54, 1.807) is 31.4 Å². The van der Waals surface area contributed by atoms with E-state index >= 15 is 0 Å². The number of oxazole rings is 1. The zero-order valence-electron chi connectivity index (χ0n) is 17.4. The van der Waals surface area contributed by atoms with Crippen molar-refractivity contribution in [3.05, 3.63) is 71.1 Å². The van der Waals surface area contributed by atoms with E-state index in [1.165, 1.54) is 0 Å². The van der Waals surface area contributed by atoms with Crippen LogP contribution in [0.4, 0.5) is 0 Å². The summed E-state index contributed by atoms with van der Waals surface area (Å²) in [6.45, 7) is 4.99. The molecule has 2 aromatic carbocycles. The molecule has 30 heavy (non-hydrogen) atoms. The number of rotatable bonds is 9. The molecule has 3 rings (SSSR count). The highest BCUT2D eigenvalue weighted by Crippen LogP contribution is 2.24. The predicted octanol–water partition coefficient (Wildman–Crippen LogP) is 4.03. The van der Waals surface area contributed by atoms with Crippen molar-refractivity contribution in [2.75, 3.05) is 20.3 Å². The normalized spacial score (nSPS) is 12.0. The largest absolute Gasteiger partial charge is 0.441 e. The summed E-state index contributed by atoms with van der Waals surface area (Å²) in [6.07, 6.45) is 0.767. The summed E-state index contributed by atoms with van der Waals surface area (Å²) in [7, 11) is 0.440. The number of carbonyl (C=O) groups excluding carboxylic acids is 1. The van der Waals surface area contributed by atoms with Crippen LogP contribution in [0.5, 0.6) is 0 Å². The van der Waals surface area contributed by atoms with Gasteiger partial charge < -0.3 is 14.5 Å². The number of carbonyl (C=O) groups is 1. The summed E-state index contributed by atoms with van der Waals surface area (Å²) in [4.78, 5) is 17.5. The maximum Gasteiger partial charge on any atom is 0.251 e. The van der Waals surface area contributed by atoms with Gasteiger partial charge in [0.2, 0.25) is 5.89 Å². The topological polar surface area (TPSA) is 81.4 Å². The van der Waals surface area contributed by atoms with Gasteiger partial charge in [0.15, 0.2) is 0 Å². The molecule has 0 aliphatic rings. The minimum absolute atomic E-state index is 0.129. The number of ether oxygens (including phenoxy) is 1. The molecule has 1 atom stereocenters. The Bertz CT molecular complexity index is 1010. The number of nitrogens with one attached hydrogen (secondary N) is 1. The average Bonchev–Trinajstić information content (AvgIpc) is 3.12.